The summed E-state index contributed by atoms with van der Waals surface area (Å²) in [6, 6.07) is 9.39. The molecule has 2 aromatic rings. The smallest absolute Gasteiger partial charge is 0.255 e. The number of halogens is 2. The maximum Gasteiger partial charge on any atom is 0.255 e. The maximum atomic E-state index is 12.2. The summed E-state index contributed by atoms with van der Waals surface area (Å²) in [4.78, 5) is 4.45. The molecule has 0 bridgehead atoms. The summed E-state index contributed by atoms with van der Waals surface area (Å²) in [5.74, 6) is 0. The van der Waals surface area contributed by atoms with E-state index in [0.717, 1.165) is 28.7 Å². The molecule has 2 nitrogen and oxygen atoms in total. The van der Waals surface area contributed by atoms with E-state index in [-0.39, 0.29) is 6.54 Å². The predicted molar refractivity (Wildman–Crippen MR) is 65.6 cm³/mol. The van der Waals surface area contributed by atoms with Gasteiger partial charge in [0.1, 0.15) is 0 Å². The van der Waals surface area contributed by atoms with Gasteiger partial charge in [-0.05, 0) is 18.6 Å². The number of hydrogen-bond donors (Lipinski definition) is 1. The Morgan fingerprint density at radius 3 is 2.76 bits per heavy atom. The molecule has 0 atom stereocenters. The number of para-hydroxylation sites is 1. The fourth-order valence-electron chi connectivity index (χ4n) is 1.74. The zero-order valence-corrected chi connectivity index (χ0v) is 9.58. The van der Waals surface area contributed by atoms with Crippen molar-refractivity contribution in [3.63, 3.8) is 0 Å². The summed E-state index contributed by atoms with van der Waals surface area (Å²) in [6.45, 7) is 1.66. The molecule has 2 rings (SSSR count). The van der Waals surface area contributed by atoms with Crippen molar-refractivity contribution < 1.29 is 8.78 Å². The SMILES string of the molecule is CCc1cc(NCC(F)F)c2ccccc2n1. The molecule has 1 N–H and O–H groups in total. The normalized spacial score (nSPS) is 11.1. The lowest BCUT2D eigenvalue weighted by Crippen LogP contribution is -2.11. The van der Waals surface area contributed by atoms with Crippen molar-refractivity contribution in [1.29, 1.82) is 0 Å². The van der Waals surface area contributed by atoms with Crippen LogP contribution in [0.15, 0.2) is 30.3 Å². The van der Waals surface area contributed by atoms with Crippen LogP contribution in [-0.2, 0) is 6.42 Å². The minimum Gasteiger partial charge on any atom is -0.379 e. The van der Waals surface area contributed by atoms with Crippen molar-refractivity contribution in [3.05, 3.63) is 36.0 Å². The number of aryl methyl sites for hydroxylation is 1. The van der Waals surface area contributed by atoms with Crippen molar-refractivity contribution >= 4 is 16.6 Å². The molecule has 0 amide bonds. The van der Waals surface area contributed by atoms with Crippen LogP contribution in [0.25, 0.3) is 10.9 Å². The number of pyridine rings is 1. The lowest BCUT2D eigenvalue weighted by Gasteiger charge is -2.10. The molecule has 0 aliphatic heterocycles. The minimum absolute atomic E-state index is 0.336. The first kappa shape index (κ1) is 11.8. The Kier molecular flexibility index (Phi) is 3.52. The van der Waals surface area contributed by atoms with Gasteiger partial charge in [-0.25, -0.2) is 8.78 Å². The van der Waals surface area contributed by atoms with Gasteiger partial charge in [0.05, 0.1) is 12.1 Å². The van der Waals surface area contributed by atoms with Crippen LogP contribution < -0.4 is 5.32 Å². The van der Waals surface area contributed by atoms with E-state index in [2.05, 4.69) is 10.3 Å². The molecule has 1 heterocycles. The molecule has 0 fully saturated rings. The number of benzene rings is 1. The van der Waals surface area contributed by atoms with Crippen LogP contribution >= 0.6 is 0 Å². The molecule has 0 saturated carbocycles. The second kappa shape index (κ2) is 5.08. The molecular formula is C13H14F2N2. The molecule has 0 aliphatic carbocycles. The zero-order chi connectivity index (χ0) is 12.3. The van der Waals surface area contributed by atoms with Gasteiger partial charge in [0.25, 0.3) is 6.43 Å². The highest BCUT2D eigenvalue weighted by atomic mass is 19.3. The first-order valence-electron chi connectivity index (χ1n) is 5.61. The molecule has 1 aromatic heterocycles. The van der Waals surface area contributed by atoms with Gasteiger partial charge in [-0.2, -0.15) is 0 Å². The quantitative estimate of drug-likeness (QED) is 0.879. The molecular weight excluding hydrogens is 222 g/mol. The van der Waals surface area contributed by atoms with E-state index in [4.69, 9.17) is 0 Å². The molecule has 0 radical (unpaired) electrons. The topological polar surface area (TPSA) is 24.9 Å². The van der Waals surface area contributed by atoms with Crippen LogP contribution in [0.1, 0.15) is 12.6 Å². The summed E-state index contributed by atoms with van der Waals surface area (Å²) < 4.78 is 24.4. The van der Waals surface area contributed by atoms with Crippen molar-refractivity contribution in [3.8, 4) is 0 Å². The Hall–Kier alpha value is -1.71. The number of nitrogens with one attached hydrogen (secondary N) is 1. The Bertz CT molecular complexity index is 512. The van der Waals surface area contributed by atoms with Gasteiger partial charge < -0.3 is 5.32 Å². The number of fused-ring (bicyclic) bond motifs is 1. The molecule has 0 saturated heterocycles. The number of anilines is 1. The lowest BCUT2D eigenvalue weighted by atomic mass is 10.1. The first-order chi connectivity index (χ1) is 8.20. The first-order valence-corrected chi connectivity index (χ1v) is 5.61. The average molecular weight is 236 g/mol. The second-order valence-corrected chi connectivity index (χ2v) is 3.80. The van der Waals surface area contributed by atoms with Crippen LogP contribution in [0, 0.1) is 0 Å². The third-order valence-electron chi connectivity index (χ3n) is 2.58. The Morgan fingerprint density at radius 2 is 2.06 bits per heavy atom. The van der Waals surface area contributed by atoms with Crippen LogP contribution in [0.5, 0.6) is 0 Å². The van der Waals surface area contributed by atoms with Crippen LogP contribution in [0.3, 0.4) is 0 Å². The van der Waals surface area contributed by atoms with Gasteiger partial charge in [0.15, 0.2) is 0 Å². The number of rotatable bonds is 4. The highest BCUT2D eigenvalue weighted by Crippen LogP contribution is 2.23. The van der Waals surface area contributed by atoms with Crippen molar-refractivity contribution in [2.45, 2.75) is 19.8 Å². The largest absolute Gasteiger partial charge is 0.379 e. The standard InChI is InChI=1S/C13H14F2N2/c1-2-9-7-12(16-8-13(14)15)10-5-3-4-6-11(10)17-9/h3-7,13H,2,8H2,1H3,(H,16,17). The van der Waals surface area contributed by atoms with Crippen LogP contribution in [0.4, 0.5) is 14.5 Å². The molecule has 17 heavy (non-hydrogen) atoms. The number of nitrogens with zero attached hydrogens (tertiary/aromatic N) is 1. The monoisotopic (exact) mass is 236 g/mol. The minimum atomic E-state index is -2.35. The predicted octanol–water partition coefficient (Wildman–Crippen LogP) is 3.47. The molecule has 0 aliphatic rings. The van der Waals surface area contributed by atoms with E-state index in [9.17, 15) is 8.78 Å². The highest BCUT2D eigenvalue weighted by Gasteiger charge is 2.07. The van der Waals surface area contributed by atoms with Crippen molar-refractivity contribution in [1.82, 2.24) is 4.98 Å². The fraction of sp³-hybridized carbons (Fsp3) is 0.308. The summed E-state index contributed by atoms with van der Waals surface area (Å²) in [7, 11) is 0. The van der Waals surface area contributed by atoms with Gasteiger partial charge in [0.2, 0.25) is 0 Å². The lowest BCUT2D eigenvalue weighted by molar-refractivity contribution is 0.163. The van der Waals surface area contributed by atoms with Gasteiger partial charge in [-0.3, -0.25) is 4.98 Å². The molecule has 0 spiro atoms. The Morgan fingerprint density at radius 1 is 1.29 bits per heavy atom. The molecule has 1 aromatic carbocycles. The van der Waals surface area contributed by atoms with E-state index in [1.54, 1.807) is 0 Å². The third-order valence-corrected chi connectivity index (χ3v) is 2.58. The average Bonchev–Trinajstić information content (AvgIpc) is 2.35. The van der Waals surface area contributed by atoms with Gasteiger partial charge in [-0.1, -0.05) is 25.1 Å². The Labute approximate surface area is 98.7 Å². The molecule has 90 valence electrons. The summed E-state index contributed by atoms with van der Waals surface area (Å²) in [5.41, 5.74) is 2.47. The molecule has 0 unspecified atom stereocenters. The fourth-order valence-corrected chi connectivity index (χ4v) is 1.74. The Balaban J connectivity index is 2.43. The number of alkyl halides is 2. The summed E-state index contributed by atoms with van der Waals surface area (Å²) in [6.07, 6.45) is -1.57. The van der Waals surface area contributed by atoms with Crippen LogP contribution in [-0.4, -0.2) is 18.0 Å². The molecule has 4 heteroatoms. The van der Waals surface area contributed by atoms with Gasteiger partial charge in [0, 0.05) is 16.8 Å². The zero-order valence-electron chi connectivity index (χ0n) is 9.58. The van der Waals surface area contributed by atoms with E-state index in [0.29, 0.717) is 0 Å². The summed E-state index contributed by atoms with van der Waals surface area (Å²) >= 11 is 0. The van der Waals surface area contributed by atoms with E-state index in [1.165, 1.54) is 0 Å². The highest BCUT2D eigenvalue weighted by molar-refractivity contribution is 5.91. The van der Waals surface area contributed by atoms with E-state index >= 15 is 0 Å². The van der Waals surface area contributed by atoms with Gasteiger partial charge in [-0.15, -0.1) is 0 Å². The second-order valence-electron chi connectivity index (χ2n) is 3.80. The van der Waals surface area contributed by atoms with Crippen molar-refractivity contribution in [2.75, 3.05) is 11.9 Å². The summed E-state index contributed by atoms with van der Waals surface area (Å²) in [5, 5.41) is 3.65. The van der Waals surface area contributed by atoms with Gasteiger partial charge >= 0.3 is 0 Å². The number of aromatic nitrogens is 1. The van der Waals surface area contributed by atoms with E-state index in [1.807, 2.05) is 37.3 Å². The van der Waals surface area contributed by atoms with Crippen molar-refractivity contribution in [2.24, 2.45) is 0 Å². The maximum absolute atomic E-state index is 12.2. The third kappa shape index (κ3) is 2.70. The number of hydrogen-bond acceptors (Lipinski definition) is 2. The van der Waals surface area contributed by atoms with Crippen LogP contribution in [0.2, 0.25) is 0 Å². The van der Waals surface area contributed by atoms with E-state index < -0.39 is 6.43 Å².